The summed E-state index contributed by atoms with van der Waals surface area (Å²) in [5, 5.41) is 2.58. The number of benzene rings is 2. The molecule has 0 aliphatic carbocycles. The number of rotatable bonds is 7. The van der Waals surface area contributed by atoms with Gasteiger partial charge in [-0.1, -0.05) is 18.2 Å². The lowest BCUT2D eigenvalue weighted by Gasteiger charge is -2.13. The van der Waals surface area contributed by atoms with Crippen LogP contribution in [0.2, 0.25) is 0 Å². The van der Waals surface area contributed by atoms with Gasteiger partial charge in [0.15, 0.2) is 18.5 Å². The van der Waals surface area contributed by atoms with Gasteiger partial charge in [0.1, 0.15) is 5.75 Å². The number of esters is 1. The fourth-order valence-corrected chi connectivity index (χ4v) is 1.99. The lowest BCUT2D eigenvalue weighted by Crippen LogP contribution is -2.29. The van der Waals surface area contributed by atoms with Gasteiger partial charge in [-0.15, -0.1) is 0 Å². The molecule has 0 fully saturated rings. The predicted octanol–water partition coefficient (Wildman–Crippen LogP) is 2.84. The van der Waals surface area contributed by atoms with Crippen LogP contribution in [0.1, 0.15) is 24.2 Å². The summed E-state index contributed by atoms with van der Waals surface area (Å²) in [4.78, 5) is 34.9. The van der Waals surface area contributed by atoms with E-state index in [1.807, 2.05) is 6.07 Å². The Morgan fingerprint density at radius 3 is 2.24 bits per heavy atom. The number of para-hydroxylation sites is 1. The van der Waals surface area contributed by atoms with Crippen LogP contribution in [0.5, 0.6) is 5.75 Å². The van der Waals surface area contributed by atoms with E-state index >= 15 is 0 Å². The number of hydrogen-bond donors (Lipinski definition) is 1. The molecule has 0 aliphatic heterocycles. The van der Waals surface area contributed by atoms with Crippen molar-refractivity contribution >= 4 is 23.3 Å². The largest absolute Gasteiger partial charge is 0.479 e. The highest BCUT2D eigenvalue weighted by Crippen LogP contribution is 2.12. The molecule has 2 aromatic carbocycles. The highest BCUT2D eigenvalue weighted by Gasteiger charge is 2.17. The molecule has 6 nitrogen and oxygen atoms in total. The van der Waals surface area contributed by atoms with Crippen LogP contribution in [0.3, 0.4) is 0 Å². The van der Waals surface area contributed by atoms with Gasteiger partial charge in [0.2, 0.25) is 0 Å². The van der Waals surface area contributed by atoms with Gasteiger partial charge in [0, 0.05) is 11.3 Å². The number of carbonyl (C=O) groups is 3. The number of amides is 1. The zero-order valence-corrected chi connectivity index (χ0v) is 14.0. The molecule has 25 heavy (non-hydrogen) atoms. The van der Waals surface area contributed by atoms with E-state index in [9.17, 15) is 14.4 Å². The molecule has 0 aliphatic rings. The maximum atomic E-state index is 11.9. The Bertz CT molecular complexity index is 740. The first kappa shape index (κ1) is 18.2. The summed E-state index contributed by atoms with van der Waals surface area (Å²) >= 11 is 0. The zero-order valence-electron chi connectivity index (χ0n) is 14.0. The number of ether oxygens (including phenoxy) is 2. The van der Waals surface area contributed by atoms with Crippen molar-refractivity contribution in [1.29, 1.82) is 0 Å². The molecule has 1 N–H and O–H groups in total. The van der Waals surface area contributed by atoms with Crippen LogP contribution < -0.4 is 10.1 Å². The minimum absolute atomic E-state index is 0.0563. The molecule has 0 heterocycles. The Morgan fingerprint density at radius 1 is 1.00 bits per heavy atom. The van der Waals surface area contributed by atoms with Crippen LogP contribution >= 0.6 is 0 Å². The SMILES string of the molecule is CC(=O)c1ccc(NC(=O)COC(=O)[C@@H](C)Oc2ccccc2)cc1. The van der Waals surface area contributed by atoms with Crippen molar-refractivity contribution in [3.05, 3.63) is 60.2 Å². The summed E-state index contributed by atoms with van der Waals surface area (Å²) in [6, 6.07) is 15.3. The number of anilines is 1. The summed E-state index contributed by atoms with van der Waals surface area (Å²) in [6.45, 7) is 2.59. The van der Waals surface area contributed by atoms with Gasteiger partial charge in [0.05, 0.1) is 0 Å². The molecule has 130 valence electrons. The first-order chi connectivity index (χ1) is 12.0. The molecule has 0 saturated carbocycles. The van der Waals surface area contributed by atoms with E-state index in [1.54, 1.807) is 55.5 Å². The van der Waals surface area contributed by atoms with E-state index in [0.29, 0.717) is 17.0 Å². The van der Waals surface area contributed by atoms with Crippen LogP contribution in [-0.2, 0) is 14.3 Å². The molecule has 2 rings (SSSR count). The summed E-state index contributed by atoms with van der Waals surface area (Å²) in [7, 11) is 0. The first-order valence-electron chi connectivity index (χ1n) is 7.75. The summed E-state index contributed by atoms with van der Waals surface area (Å²) in [5.41, 5.74) is 1.07. The Balaban J connectivity index is 1.78. The average molecular weight is 341 g/mol. The third-order valence-corrected chi connectivity index (χ3v) is 3.31. The van der Waals surface area contributed by atoms with Gasteiger partial charge in [0.25, 0.3) is 5.91 Å². The first-order valence-corrected chi connectivity index (χ1v) is 7.75. The molecular weight excluding hydrogens is 322 g/mol. The Morgan fingerprint density at radius 2 is 1.64 bits per heavy atom. The van der Waals surface area contributed by atoms with Crippen LogP contribution in [0.4, 0.5) is 5.69 Å². The lowest BCUT2D eigenvalue weighted by molar-refractivity contribution is -0.153. The van der Waals surface area contributed by atoms with Crippen LogP contribution in [0.25, 0.3) is 0 Å². The second-order valence-corrected chi connectivity index (χ2v) is 5.36. The highest BCUT2D eigenvalue weighted by atomic mass is 16.6. The summed E-state index contributed by atoms with van der Waals surface area (Å²) in [5.74, 6) is -0.622. The van der Waals surface area contributed by atoms with Gasteiger partial charge in [-0.25, -0.2) is 4.79 Å². The molecular formula is C19H19NO5. The topological polar surface area (TPSA) is 81.7 Å². The second kappa shape index (κ2) is 8.63. The standard InChI is InChI=1S/C19H19NO5/c1-13(21)15-8-10-16(11-9-15)20-18(22)12-24-19(23)14(2)25-17-6-4-3-5-7-17/h3-11,14H,12H2,1-2H3,(H,20,22)/t14-/m1/s1. The number of Topliss-reactive ketones (excluding diaryl/α,β-unsaturated/α-hetero) is 1. The average Bonchev–Trinajstić information content (AvgIpc) is 2.61. The normalized spacial score (nSPS) is 11.3. The number of ketones is 1. The van der Waals surface area contributed by atoms with Crippen molar-refractivity contribution in [2.45, 2.75) is 20.0 Å². The quantitative estimate of drug-likeness (QED) is 0.618. The zero-order chi connectivity index (χ0) is 18.2. The van der Waals surface area contributed by atoms with Crippen LogP contribution in [0.15, 0.2) is 54.6 Å². The lowest BCUT2D eigenvalue weighted by atomic mass is 10.1. The summed E-state index contributed by atoms with van der Waals surface area (Å²) < 4.78 is 10.4. The molecule has 0 saturated heterocycles. The predicted molar refractivity (Wildman–Crippen MR) is 92.6 cm³/mol. The van der Waals surface area contributed by atoms with Crippen LogP contribution in [0, 0.1) is 0 Å². The molecule has 0 radical (unpaired) electrons. The maximum absolute atomic E-state index is 11.9. The highest BCUT2D eigenvalue weighted by molar-refractivity contribution is 5.96. The molecule has 0 bridgehead atoms. The number of hydrogen-bond acceptors (Lipinski definition) is 5. The minimum atomic E-state index is -0.829. The monoisotopic (exact) mass is 341 g/mol. The third-order valence-electron chi connectivity index (χ3n) is 3.31. The molecule has 1 amide bonds. The van der Waals surface area contributed by atoms with Crippen molar-refractivity contribution < 1.29 is 23.9 Å². The Labute approximate surface area is 145 Å². The van der Waals surface area contributed by atoms with E-state index in [2.05, 4.69) is 5.32 Å². The van der Waals surface area contributed by atoms with Crippen molar-refractivity contribution in [1.82, 2.24) is 0 Å². The second-order valence-electron chi connectivity index (χ2n) is 5.36. The van der Waals surface area contributed by atoms with E-state index in [1.165, 1.54) is 6.92 Å². The van der Waals surface area contributed by atoms with Crippen LogP contribution in [-0.4, -0.2) is 30.4 Å². The molecule has 2 aromatic rings. The van der Waals surface area contributed by atoms with Gasteiger partial charge in [-0.3, -0.25) is 9.59 Å². The van der Waals surface area contributed by atoms with Crippen molar-refractivity contribution in [3.63, 3.8) is 0 Å². The third kappa shape index (κ3) is 5.76. The molecule has 0 aromatic heterocycles. The van der Waals surface area contributed by atoms with Crippen molar-refractivity contribution in [2.24, 2.45) is 0 Å². The van der Waals surface area contributed by atoms with Crippen molar-refractivity contribution in [2.75, 3.05) is 11.9 Å². The fraction of sp³-hybridized carbons (Fsp3) is 0.211. The molecule has 0 spiro atoms. The molecule has 1 atom stereocenters. The van der Waals surface area contributed by atoms with E-state index in [-0.39, 0.29) is 5.78 Å². The van der Waals surface area contributed by atoms with Gasteiger partial charge in [-0.2, -0.15) is 0 Å². The Hall–Kier alpha value is -3.15. The van der Waals surface area contributed by atoms with Gasteiger partial charge >= 0.3 is 5.97 Å². The number of carbonyl (C=O) groups excluding carboxylic acids is 3. The smallest absolute Gasteiger partial charge is 0.347 e. The number of nitrogens with one attached hydrogen (secondary N) is 1. The maximum Gasteiger partial charge on any atom is 0.347 e. The van der Waals surface area contributed by atoms with E-state index < -0.39 is 24.6 Å². The van der Waals surface area contributed by atoms with E-state index in [4.69, 9.17) is 9.47 Å². The summed E-state index contributed by atoms with van der Waals surface area (Å²) in [6.07, 6.45) is -0.829. The van der Waals surface area contributed by atoms with E-state index in [0.717, 1.165) is 0 Å². The van der Waals surface area contributed by atoms with Gasteiger partial charge in [-0.05, 0) is 50.2 Å². The van der Waals surface area contributed by atoms with Gasteiger partial charge < -0.3 is 14.8 Å². The Kier molecular flexibility index (Phi) is 6.28. The minimum Gasteiger partial charge on any atom is -0.479 e. The molecule has 0 unspecified atom stereocenters. The molecule has 6 heteroatoms. The van der Waals surface area contributed by atoms with Crippen molar-refractivity contribution in [3.8, 4) is 5.75 Å². The fourth-order valence-electron chi connectivity index (χ4n) is 1.99.